The van der Waals surface area contributed by atoms with Gasteiger partial charge in [0.05, 0.1) is 0 Å². The van der Waals surface area contributed by atoms with Gasteiger partial charge in [0.1, 0.15) is 12.0 Å². The molecule has 4 nitrogen and oxygen atoms in total. The van der Waals surface area contributed by atoms with Crippen LogP contribution in [-0.4, -0.2) is 10.8 Å². The lowest BCUT2D eigenvalue weighted by atomic mass is 10.1. The van der Waals surface area contributed by atoms with Crippen molar-refractivity contribution in [3.8, 4) is 0 Å². The van der Waals surface area contributed by atoms with Crippen LogP contribution in [0.25, 0.3) is 0 Å². The van der Waals surface area contributed by atoms with E-state index in [-0.39, 0.29) is 6.17 Å². The summed E-state index contributed by atoms with van der Waals surface area (Å²) in [6, 6.07) is 12.1. The second kappa shape index (κ2) is 11.8. The second-order valence-corrected chi connectivity index (χ2v) is 6.77. The summed E-state index contributed by atoms with van der Waals surface area (Å²) in [7, 11) is 0. The molecule has 28 heavy (non-hydrogen) atoms. The molecule has 148 valence electrons. The van der Waals surface area contributed by atoms with Crippen molar-refractivity contribution in [2.24, 2.45) is 4.99 Å². The molecule has 4 heteroatoms. The number of hydrogen-bond acceptors (Lipinski definition) is 4. The topological polar surface area (TPSA) is 49.3 Å². The van der Waals surface area contributed by atoms with Crippen molar-refractivity contribution < 1.29 is 0 Å². The third-order valence-electron chi connectivity index (χ3n) is 4.39. The lowest BCUT2D eigenvalue weighted by Crippen LogP contribution is -2.29. The van der Waals surface area contributed by atoms with Gasteiger partial charge in [-0.25, -0.2) is 4.99 Å². The number of pyridine rings is 1. The Hall–Kier alpha value is -2.88. The quantitative estimate of drug-likeness (QED) is 0.465. The molecule has 0 aliphatic carbocycles. The zero-order valence-corrected chi connectivity index (χ0v) is 17.3. The molecular formula is C24H32N4. The van der Waals surface area contributed by atoms with Crippen molar-refractivity contribution in [1.82, 2.24) is 10.3 Å². The van der Waals surface area contributed by atoms with E-state index in [0.29, 0.717) is 0 Å². The average Bonchev–Trinajstić information content (AvgIpc) is 2.73. The van der Waals surface area contributed by atoms with Gasteiger partial charge in [0, 0.05) is 29.3 Å². The third kappa shape index (κ3) is 6.38. The van der Waals surface area contributed by atoms with Crippen LogP contribution >= 0.6 is 0 Å². The van der Waals surface area contributed by atoms with E-state index < -0.39 is 0 Å². The van der Waals surface area contributed by atoms with Gasteiger partial charge in [0.15, 0.2) is 0 Å². The molecule has 0 bridgehead atoms. The molecule has 2 N–H and O–H groups in total. The van der Waals surface area contributed by atoms with Gasteiger partial charge >= 0.3 is 0 Å². The fourth-order valence-electron chi connectivity index (χ4n) is 2.90. The second-order valence-electron chi connectivity index (χ2n) is 6.77. The Morgan fingerprint density at radius 2 is 1.79 bits per heavy atom. The minimum absolute atomic E-state index is 0.128. The fourth-order valence-corrected chi connectivity index (χ4v) is 2.90. The molecule has 1 aromatic heterocycles. The van der Waals surface area contributed by atoms with Gasteiger partial charge < -0.3 is 10.6 Å². The van der Waals surface area contributed by atoms with E-state index in [1.165, 1.54) is 25.7 Å². The van der Waals surface area contributed by atoms with Crippen molar-refractivity contribution in [2.45, 2.75) is 52.6 Å². The molecule has 0 saturated carbocycles. The zero-order valence-electron chi connectivity index (χ0n) is 17.3. The van der Waals surface area contributed by atoms with Gasteiger partial charge in [0.2, 0.25) is 0 Å². The minimum atomic E-state index is -0.128. The van der Waals surface area contributed by atoms with Gasteiger partial charge in [-0.1, -0.05) is 64.3 Å². The van der Waals surface area contributed by atoms with Crippen LogP contribution in [-0.2, 0) is 0 Å². The monoisotopic (exact) mass is 376 g/mol. The van der Waals surface area contributed by atoms with Gasteiger partial charge in [0.25, 0.3) is 0 Å². The van der Waals surface area contributed by atoms with E-state index in [4.69, 9.17) is 4.99 Å². The van der Waals surface area contributed by atoms with Crippen LogP contribution in [0.4, 0.5) is 5.69 Å². The molecular weight excluding hydrogens is 344 g/mol. The molecule has 0 radical (unpaired) electrons. The van der Waals surface area contributed by atoms with Gasteiger partial charge in [-0.05, 0) is 42.8 Å². The summed E-state index contributed by atoms with van der Waals surface area (Å²) in [6.45, 7) is 10.2. The number of rotatable bonds is 6. The van der Waals surface area contributed by atoms with Crippen molar-refractivity contribution in [3.05, 3.63) is 84.3 Å². The summed E-state index contributed by atoms with van der Waals surface area (Å²) in [5.74, 6) is 0.853. The van der Waals surface area contributed by atoms with E-state index in [2.05, 4.69) is 48.2 Å². The molecule has 0 saturated heterocycles. The van der Waals surface area contributed by atoms with E-state index in [1.54, 1.807) is 18.5 Å². The number of fused-ring (bicyclic) bond motifs is 1. The summed E-state index contributed by atoms with van der Waals surface area (Å²) in [5.41, 5.74) is 4.20. The van der Waals surface area contributed by atoms with Crippen LogP contribution in [0.15, 0.2) is 78.2 Å². The minimum Gasteiger partial charge on any atom is -0.359 e. The Kier molecular flexibility index (Phi) is 8.99. The predicted octanol–water partition coefficient (Wildman–Crippen LogP) is 6.22. The highest BCUT2D eigenvalue weighted by Crippen LogP contribution is 2.29. The maximum Gasteiger partial charge on any atom is 0.147 e. The lowest BCUT2D eigenvalue weighted by Gasteiger charge is -2.26. The SMILES string of the molecule is C=C/C=C(\C)NC1=NC(c2ccncc2)Nc2ccccc21.CCCCCC. The number of para-hydroxylation sites is 1. The van der Waals surface area contributed by atoms with Crippen LogP contribution in [0.2, 0.25) is 0 Å². The Morgan fingerprint density at radius 3 is 2.43 bits per heavy atom. The van der Waals surface area contributed by atoms with Crippen LogP contribution in [0.1, 0.15) is 63.7 Å². The maximum absolute atomic E-state index is 4.81. The Morgan fingerprint density at radius 1 is 1.11 bits per heavy atom. The highest BCUT2D eigenvalue weighted by molar-refractivity contribution is 6.05. The smallest absolute Gasteiger partial charge is 0.147 e. The number of aromatic nitrogens is 1. The van der Waals surface area contributed by atoms with Crippen molar-refractivity contribution >= 4 is 11.5 Å². The first-order chi connectivity index (χ1) is 13.7. The molecule has 2 aromatic rings. The Balaban J connectivity index is 0.000000409. The number of nitrogens with one attached hydrogen (secondary N) is 2. The van der Waals surface area contributed by atoms with E-state index in [0.717, 1.165) is 28.3 Å². The summed E-state index contributed by atoms with van der Waals surface area (Å²) in [5, 5.41) is 6.81. The molecule has 1 aliphatic heterocycles. The average molecular weight is 377 g/mol. The normalized spacial score (nSPS) is 15.3. The van der Waals surface area contributed by atoms with Crippen molar-refractivity contribution in [1.29, 1.82) is 0 Å². The number of aliphatic imine (C=N–C) groups is 1. The fraction of sp³-hybridized carbons (Fsp3) is 0.333. The molecule has 2 heterocycles. The highest BCUT2D eigenvalue weighted by atomic mass is 15.2. The predicted molar refractivity (Wildman–Crippen MR) is 120 cm³/mol. The first kappa shape index (κ1) is 21.4. The van der Waals surface area contributed by atoms with Crippen LogP contribution in [0.3, 0.4) is 0 Å². The largest absolute Gasteiger partial charge is 0.359 e. The number of allylic oxidation sites excluding steroid dienone is 3. The van der Waals surface area contributed by atoms with Crippen LogP contribution in [0.5, 0.6) is 0 Å². The van der Waals surface area contributed by atoms with Gasteiger partial charge in [-0.2, -0.15) is 0 Å². The van der Waals surface area contributed by atoms with Crippen LogP contribution < -0.4 is 10.6 Å². The molecule has 1 aliphatic rings. The van der Waals surface area contributed by atoms with E-state index in [9.17, 15) is 0 Å². The summed E-state index contributed by atoms with van der Waals surface area (Å²) < 4.78 is 0. The van der Waals surface area contributed by atoms with Crippen LogP contribution in [0, 0.1) is 0 Å². The van der Waals surface area contributed by atoms with Gasteiger partial charge in [-0.3, -0.25) is 4.98 Å². The third-order valence-corrected chi connectivity index (χ3v) is 4.39. The molecule has 1 atom stereocenters. The molecule has 1 aromatic carbocycles. The number of nitrogens with zero attached hydrogens (tertiary/aromatic N) is 2. The summed E-state index contributed by atoms with van der Waals surface area (Å²) >= 11 is 0. The molecule has 3 rings (SSSR count). The first-order valence-electron chi connectivity index (χ1n) is 10.1. The number of unbranched alkanes of at least 4 members (excludes halogenated alkanes) is 3. The van der Waals surface area contributed by atoms with E-state index in [1.807, 2.05) is 37.3 Å². The molecule has 1 unspecified atom stereocenters. The molecule has 0 amide bonds. The maximum atomic E-state index is 4.81. The zero-order chi connectivity index (χ0) is 20.2. The number of amidine groups is 1. The number of anilines is 1. The summed E-state index contributed by atoms with van der Waals surface area (Å²) in [6.07, 6.45) is 12.7. The van der Waals surface area contributed by atoms with E-state index >= 15 is 0 Å². The lowest BCUT2D eigenvalue weighted by molar-refractivity contribution is 0.702. The molecule has 0 spiro atoms. The van der Waals surface area contributed by atoms with Crippen molar-refractivity contribution in [3.63, 3.8) is 0 Å². The summed E-state index contributed by atoms with van der Waals surface area (Å²) in [4.78, 5) is 8.87. The Labute approximate surface area is 169 Å². The Bertz CT molecular complexity index is 789. The first-order valence-corrected chi connectivity index (χ1v) is 10.1. The standard InChI is InChI=1S/C18H18N4.C6H14/c1-3-6-13(2)20-18-15-7-4-5-8-16(15)21-17(22-18)14-9-11-19-12-10-14;1-3-5-6-4-2/h3-12,17,21H,1H2,2H3,(H,20,22);3-6H2,1-2H3/b13-6+;. The number of benzene rings is 1. The highest BCUT2D eigenvalue weighted by Gasteiger charge is 2.21. The molecule has 0 fully saturated rings. The number of hydrogen-bond donors (Lipinski definition) is 2. The van der Waals surface area contributed by atoms with Crippen molar-refractivity contribution in [2.75, 3.05) is 5.32 Å². The van der Waals surface area contributed by atoms with Gasteiger partial charge in [-0.15, -0.1) is 0 Å².